The highest BCUT2D eigenvalue weighted by molar-refractivity contribution is 7.08. The Morgan fingerprint density at radius 1 is 1.50 bits per heavy atom. The third kappa shape index (κ3) is 0.885. The zero-order chi connectivity index (χ0) is 6.97. The Morgan fingerprint density at radius 2 is 2.30 bits per heavy atom. The lowest BCUT2D eigenvalue weighted by molar-refractivity contribution is 0.145. The minimum absolute atomic E-state index is 0.304. The third-order valence-corrected chi connectivity index (χ3v) is 1.97. The summed E-state index contributed by atoms with van der Waals surface area (Å²) in [6, 6.07) is -0.304. The van der Waals surface area contributed by atoms with Crippen molar-refractivity contribution in [3.05, 3.63) is 10.8 Å². The van der Waals surface area contributed by atoms with Crippen LogP contribution < -0.4 is 9.47 Å². The van der Waals surface area contributed by atoms with E-state index in [2.05, 4.69) is 0 Å². The minimum atomic E-state index is -0.304. The van der Waals surface area contributed by atoms with Crippen LogP contribution in [0.3, 0.4) is 0 Å². The van der Waals surface area contributed by atoms with Crippen LogP contribution in [0.5, 0.6) is 11.5 Å². The zero-order valence-electron chi connectivity index (χ0n) is 5.24. The standard InChI is InChI=1S/C6H5BO2S/c7-6-1-8-4-2-10-3-5(4)9-6/h2-3,6H,1H2. The van der Waals surface area contributed by atoms with Crippen molar-refractivity contribution in [2.24, 2.45) is 0 Å². The quantitative estimate of drug-likeness (QED) is 0.516. The average molecular weight is 152 g/mol. The van der Waals surface area contributed by atoms with Crippen molar-refractivity contribution < 1.29 is 9.47 Å². The Kier molecular flexibility index (Phi) is 1.34. The van der Waals surface area contributed by atoms with Gasteiger partial charge in [0.2, 0.25) is 0 Å². The Bertz CT molecular complexity index is 235. The van der Waals surface area contributed by atoms with Crippen LogP contribution in [0.25, 0.3) is 0 Å². The molecule has 1 aliphatic rings. The van der Waals surface area contributed by atoms with Gasteiger partial charge < -0.3 is 9.47 Å². The predicted molar refractivity (Wildman–Crippen MR) is 40.0 cm³/mol. The van der Waals surface area contributed by atoms with Crippen LogP contribution in [-0.4, -0.2) is 20.5 Å². The minimum Gasteiger partial charge on any atom is -0.492 e. The highest BCUT2D eigenvalue weighted by Crippen LogP contribution is 2.34. The first-order chi connectivity index (χ1) is 4.86. The van der Waals surface area contributed by atoms with E-state index in [-0.39, 0.29) is 6.00 Å². The van der Waals surface area contributed by atoms with E-state index >= 15 is 0 Å². The molecule has 0 spiro atoms. The summed E-state index contributed by atoms with van der Waals surface area (Å²) < 4.78 is 10.5. The van der Waals surface area contributed by atoms with Gasteiger partial charge in [-0.05, 0) is 0 Å². The summed E-state index contributed by atoms with van der Waals surface area (Å²) in [6.45, 7) is 0.448. The maximum absolute atomic E-state index is 5.47. The third-order valence-electron chi connectivity index (χ3n) is 1.27. The molecule has 2 heterocycles. The molecule has 4 heteroatoms. The number of ether oxygens (including phenoxy) is 2. The van der Waals surface area contributed by atoms with Gasteiger partial charge in [-0.3, -0.25) is 0 Å². The Hall–Kier alpha value is -0.635. The van der Waals surface area contributed by atoms with Crippen LogP contribution in [0.1, 0.15) is 0 Å². The monoisotopic (exact) mass is 152 g/mol. The lowest BCUT2D eigenvalue weighted by Crippen LogP contribution is -2.28. The Morgan fingerprint density at radius 3 is 3.20 bits per heavy atom. The normalized spacial score (nSPS) is 22.6. The van der Waals surface area contributed by atoms with E-state index in [1.54, 1.807) is 11.3 Å². The van der Waals surface area contributed by atoms with Crippen LogP contribution in [0.4, 0.5) is 0 Å². The summed E-state index contributed by atoms with van der Waals surface area (Å²) in [6.07, 6.45) is 0. The molecule has 1 aliphatic heterocycles. The van der Waals surface area contributed by atoms with Crippen LogP contribution in [0.15, 0.2) is 10.8 Å². The number of hydrogen-bond acceptors (Lipinski definition) is 3. The van der Waals surface area contributed by atoms with Gasteiger partial charge >= 0.3 is 0 Å². The second-order valence-electron chi connectivity index (χ2n) is 2.07. The smallest absolute Gasteiger partial charge is 0.171 e. The molecule has 1 aromatic rings. The lowest BCUT2D eigenvalue weighted by Gasteiger charge is -2.21. The van der Waals surface area contributed by atoms with Crippen LogP contribution in [0.2, 0.25) is 0 Å². The second kappa shape index (κ2) is 2.20. The van der Waals surface area contributed by atoms with E-state index < -0.39 is 0 Å². The van der Waals surface area contributed by atoms with Gasteiger partial charge in [0, 0.05) is 10.8 Å². The molecule has 0 saturated heterocycles. The van der Waals surface area contributed by atoms with E-state index in [4.69, 9.17) is 17.3 Å². The fourth-order valence-corrected chi connectivity index (χ4v) is 1.50. The predicted octanol–water partition coefficient (Wildman–Crippen LogP) is 1.01. The summed E-state index contributed by atoms with van der Waals surface area (Å²) >= 11 is 1.55. The second-order valence-corrected chi connectivity index (χ2v) is 2.81. The summed E-state index contributed by atoms with van der Waals surface area (Å²) in [7, 11) is 5.47. The van der Waals surface area contributed by atoms with E-state index in [1.807, 2.05) is 10.8 Å². The molecule has 50 valence electrons. The first-order valence-corrected chi connectivity index (χ1v) is 3.92. The molecule has 0 bridgehead atoms. The molecule has 0 amide bonds. The van der Waals surface area contributed by atoms with E-state index in [9.17, 15) is 0 Å². The highest BCUT2D eigenvalue weighted by Gasteiger charge is 2.16. The highest BCUT2D eigenvalue weighted by atomic mass is 32.1. The topological polar surface area (TPSA) is 18.5 Å². The lowest BCUT2D eigenvalue weighted by atomic mass is 10.0. The van der Waals surface area contributed by atoms with Crippen molar-refractivity contribution in [3.8, 4) is 11.5 Å². The van der Waals surface area contributed by atoms with Gasteiger partial charge in [0.1, 0.15) is 14.5 Å². The first-order valence-electron chi connectivity index (χ1n) is 2.97. The molecule has 0 aromatic carbocycles. The van der Waals surface area contributed by atoms with E-state index in [1.165, 1.54) is 0 Å². The van der Waals surface area contributed by atoms with Gasteiger partial charge in [-0.2, -0.15) is 0 Å². The first kappa shape index (κ1) is 6.10. The molecule has 2 nitrogen and oxygen atoms in total. The van der Waals surface area contributed by atoms with Gasteiger partial charge in [-0.1, -0.05) is 0 Å². The SMILES string of the molecule is [B]C1COc2cscc2O1. The van der Waals surface area contributed by atoms with E-state index in [0.29, 0.717) is 6.61 Å². The maximum Gasteiger partial charge on any atom is 0.171 e. The summed E-state index contributed by atoms with van der Waals surface area (Å²) in [4.78, 5) is 0. The Labute approximate surface area is 64.2 Å². The molecule has 2 rings (SSSR count). The zero-order valence-corrected chi connectivity index (χ0v) is 6.06. The molecule has 10 heavy (non-hydrogen) atoms. The molecule has 0 saturated carbocycles. The van der Waals surface area contributed by atoms with Crippen molar-refractivity contribution in [2.45, 2.75) is 6.00 Å². The summed E-state index contributed by atoms with van der Waals surface area (Å²) in [5.41, 5.74) is 0. The fourth-order valence-electron chi connectivity index (χ4n) is 0.834. The van der Waals surface area contributed by atoms with Gasteiger partial charge in [-0.25, -0.2) is 0 Å². The van der Waals surface area contributed by atoms with Gasteiger partial charge in [-0.15, -0.1) is 11.3 Å². The average Bonchev–Trinajstić information content (AvgIpc) is 2.33. The van der Waals surface area contributed by atoms with E-state index in [0.717, 1.165) is 11.5 Å². The molecule has 1 unspecified atom stereocenters. The van der Waals surface area contributed by atoms with Crippen LogP contribution in [-0.2, 0) is 0 Å². The van der Waals surface area contributed by atoms with Crippen LogP contribution >= 0.6 is 11.3 Å². The van der Waals surface area contributed by atoms with Crippen molar-refractivity contribution in [2.75, 3.05) is 6.61 Å². The molecule has 1 aromatic heterocycles. The molecular formula is C6H5BO2S. The molecule has 1 atom stereocenters. The van der Waals surface area contributed by atoms with Gasteiger partial charge in [0.05, 0.1) is 6.00 Å². The summed E-state index contributed by atoms with van der Waals surface area (Å²) in [5, 5.41) is 3.79. The number of hydrogen-bond donors (Lipinski definition) is 0. The maximum atomic E-state index is 5.47. The molecular weight excluding hydrogens is 147 g/mol. The molecule has 0 aliphatic carbocycles. The van der Waals surface area contributed by atoms with Crippen molar-refractivity contribution in [1.82, 2.24) is 0 Å². The fraction of sp³-hybridized carbons (Fsp3) is 0.333. The molecule has 0 N–H and O–H groups in total. The Balaban J connectivity index is 2.30. The van der Waals surface area contributed by atoms with Crippen molar-refractivity contribution in [3.63, 3.8) is 0 Å². The molecule has 2 radical (unpaired) electrons. The van der Waals surface area contributed by atoms with Crippen LogP contribution in [0, 0.1) is 0 Å². The van der Waals surface area contributed by atoms with Gasteiger partial charge in [0.25, 0.3) is 0 Å². The summed E-state index contributed by atoms with van der Waals surface area (Å²) in [5.74, 6) is 1.58. The van der Waals surface area contributed by atoms with Crippen molar-refractivity contribution in [1.29, 1.82) is 0 Å². The van der Waals surface area contributed by atoms with Gasteiger partial charge in [0.15, 0.2) is 11.5 Å². The molecule has 0 fully saturated rings. The number of fused-ring (bicyclic) bond motifs is 1. The largest absolute Gasteiger partial charge is 0.492 e. The number of thiophene rings is 1. The van der Waals surface area contributed by atoms with Crippen molar-refractivity contribution >= 4 is 19.2 Å². The number of rotatable bonds is 0.